The molecule has 0 amide bonds. The molecule has 0 spiro atoms. The van der Waals surface area contributed by atoms with E-state index in [0.717, 1.165) is 24.5 Å². The van der Waals surface area contributed by atoms with Gasteiger partial charge in [0.05, 0.1) is 5.56 Å². The molecule has 1 heterocycles. The maximum Gasteiger partial charge on any atom is 0.338 e. The van der Waals surface area contributed by atoms with Gasteiger partial charge in [0.2, 0.25) is 0 Å². The molecule has 0 unspecified atom stereocenters. The highest BCUT2D eigenvalue weighted by Gasteiger charge is 2.07. The van der Waals surface area contributed by atoms with Gasteiger partial charge < -0.3 is 9.84 Å². The monoisotopic (exact) mass is 252 g/mol. The van der Waals surface area contributed by atoms with Crippen molar-refractivity contribution in [3.63, 3.8) is 0 Å². The van der Waals surface area contributed by atoms with Gasteiger partial charge >= 0.3 is 12.0 Å². The Kier molecular flexibility index (Phi) is 3.13. The summed E-state index contributed by atoms with van der Waals surface area (Å²) >= 11 is 0. The zero-order valence-corrected chi connectivity index (χ0v) is 8.80. The minimum atomic E-state index is -1.17. The van der Waals surface area contributed by atoms with Gasteiger partial charge in [-0.2, -0.15) is 0 Å². The van der Waals surface area contributed by atoms with E-state index in [1.807, 2.05) is 0 Å². The molecule has 1 aromatic carbocycles. The number of carbonyl (C=O) groups is 1. The number of ether oxygens (including phenoxy) is 1. The predicted octanol–water partition coefficient (Wildman–Crippen LogP) is 2.25. The molecule has 0 saturated carbocycles. The zero-order valence-electron chi connectivity index (χ0n) is 8.80. The van der Waals surface area contributed by atoms with E-state index in [-0.39, 0.29) is 17.3 Å². The van der Waals surface area contributed by atoms with Crippen molar-refractivity contribution in [2.24, 2.45) is 0 Å². The van der Waals surface area contributed by atoms with E-state index in [1.165, 1.54) is 6.07 Å². The average Bonchev–Trinajstić information content (AvgIpc) is 2.34. The second-order valence-electron chi connectivity index (χ2n) is 3.24. The summed E-state index contributed by atoms with van der Waals surface area (Å²) in [6.07, 6.45) is 2.09. The van der Waals surface area contributed by atoms with Crippen molar-refractivity contribution >= 4 is 5.97 Å². The van der Waals surface area contributed by atoms with Crippen molar-refractivity contribution in [2.45, 2.75) is 0 Å². The van der Waals surface area contributed by atoms with Crippen LogP contribution in [0.2, 0.25) is 0 Å². The van der Waals surface area contributed by atoms with Gasteiger partial charge in [0.25, 0.3) is 0 Å². The Labute approximate surface area is 99.7 Å². The summed E-state index contributed by atoms with van der Waals surface area (Å²) in [5.41, 5.74) is -0.104. The molecule has 92 valence electrons. The molecule has 7 heteroatoms. The molecule has 0 aliphatic rings. The third-order valence-electron chi connectivity index (χ3n) is 1.98. The molecular weight excluding hydrogens is 246 g/mol. The molecule has 0 atom stereocenters. The Balaban J connectivity index is 2.18. The van der Waals surface area contributed by atoms with E-state index in [9.17, 15) is 13.6 Å². The van der Waals surface area contributed by atoms with Crippen molar-refractivity contribution in [1.29, 1.82) is 0 Å². The van der Waals surface area contributed by atoms with Crippen molar-refractivity contribution in [1.82, 2.24) is 9.97 Å². The van der Waals surface area contributed by atoms with Crippen LogP contribution in [0, 0.1) is 11.6 Å². The van der Waals surface area contributed by atoms with Gasteiger partial charge in [-0.1, -0.05) is 0 Å². The molecule has 0 bridgehead atoms. The molecular formula is C11H6F2N2O3. The first kappa shape index (κ1) is 11.9. The van der Waals surface area contributed by atoms with Gasteiger partial charge in [-0.25, -0.2) is 23.5 Å². The number of aromatic nitrogens is 2. The van der Waals surface area contributed by atoms with Gasteiger partial charge in [0.1, 0.15) is 5.75 Å². The third-order valence-corrected chi connectivity index (χ3v) is 1.98. The molecule has 0 aliphatic carbocycles. The molecule has 0 fully saturated rings. The Hall–Kier alpha value is -2.57. The van der Waals surface area contributed by atoms with E-state index in [1.54, 1.807) is 0 Å². The lowest BCUT2D eigenvalue weighted by Crippen LogP contribution is -2.00. The maximum atomic E-state index is 12.9. The van der Waals surface area contributed by atoms with Gasteiger partial charge in [-0.15, -0.1) is 0 Å². The van der Waals surface area contributed by atoms with Crippen LogP contribution in [-0.2, 0) is 0 Å². The SMILES string of the molecule is O=C(O)c1cnc(Oc2ccc(F)c(F)c2)nc1. The molecule has 0 saturated heterocycles. The van der Waals surface area contributed by atoms with Crippen LogP contribution in [0.15, 0.2) is 30.6 Å². The molecule has 18 heavy (non-hydrogen) atoms. The Bertz CT molecular complexity index is 587. The predicted molar refractivity (Wildman–Crippen MR) is 55.4 cm³/mol. The summed E-state index contributed by atoms with van der Waals surface area (Å²) in [6, 6.07) is 2.78. The number of aromatic carboxylic acids is 1. The van der Waals surface area contributed by atoms with Crippen LogP contribution in [0.25, 0.3) is 0 Å². The summed E-state index contributed by atoms with van der Waals surface area (Å²) in [6.45, 7) is 0. The van der Waals surface area contributed by atoms with Crippen LogP contribution in [0.5, 0.6) is 11.8 Å². The second-order valence-corrected chi connectivity index (χ2v) is 3.24. The van der Waals surface area contributed by atoms with Crippen molar-refractivity contribution in [3.8, 4) is 11.8 Å². The van der Waals surface area contributed by atoms with Gasteiger partial charge in [0, 0.05) is 18.5 Å². The van der Waals surface area contributed by atoms with Crippen LogP contribution in [-0.4, -0.2) is 21.0 Å². The van der Waals surface area contributed by atoms with Crippen LogP contribution in [0.1, 0.15) is 10.4 Å². The minimum Gasteiger partial charge on any atom is -0.478 e. The van der Waals surface area contributed by atoms with Crippen molar-refractivity contribution < 1.29 is 23.4 Å². The summed E-state index contributed by atoms with van der Waals surface area (Å²) in [5, 5.41) is 8.62. The third kappa shape index (κ3) is 2.57. The molecule has 1 N–H and O–H groups in total. The zero-order chi connectivity index (χ0) is 13.1. The lowest BCUT2D eigenvalue weighted by molar-refractivity contribution is 0.0696. The fourth-order valence-corrected chi connectivity index (χ4v) is 1.13. The highest BCUT2D eigenvalue weighted by Crippen LogP contribution is 2.19. The van der Waals surface area contributed by atoms with E-state index >= 15 is 0 Å². The summed E-state index contributed by atoms with van der Waals surface area (Å²) in [7, 11) is 0. The Morgan fingerprint density at radius 3 is 2.39 bits per heavy atom. The Morgan fingerprint density at radius 1 is 1.17 bits per heavy atom. The smallest absolute Gasteiger partial charge is 0.338 e. The highest BCUT2D eigenvalue weighted by atomic mass is 19.2. The van der Waals surface area contributed by atoms with Crippen LogP contribution >= 0.6 is 0 Å². The average molecular weight is 252 g/mol. The quantitative estimate of drug-likeness (QED) is 0.906. The molecule has 2 rings (SSSR count). The highest BCUT2D eigenvalue weighted by molar-refractivity contribution is 5.86. The van der Waals surface area contributed by atoms with Crippen molar-refractivity contribution in [3.05, 3.63) is 47.8 Å². The number of benzene rings is 1. The molecule has 0 radical (unpaired) electrons. The summed E-state index contributed by atoms with van der Waals surface area (Å²) in [5.74, 6) is -3.22. The summed E-state index contributed by atoms with van der Waals surface area (Å²) in [4.78, 5) is 17.8. The Morgan fingerprint density at radius 2 is 1.83 bits per heavy atom. The maximum absolute atomic E-state index is 12.9. The van der Waals surface area contributed by atoms with Gasteiger partial charge in [-0.05, 0) is 12.1 Å². The van der Waals surface area contributed by atoms with Gasteiger partial charge in [-0.3, -0.25) is 0 Å². The van der Waals surface area contributed by atoms with E-state index in [2.05, 4.69) is 9.97 Å². The molecule has 2 aromatic rings. The number of hydrogen-bond acceptors (Lipinski definition) is 4. The topological polar surface area (TPSA) is 72.3 Å². The minimum absolute atomic E-state index is 0.0111. The molecule has 1 aromatic heterocycles. The summed E-state index contributed by atoms with van der Waals surface area (Å²) < 4.78 is 30.6. The number of carboxylic acid groups (broad SMARTS) is 1. The van der Waals surface area contributed by atoms with Crippen LogP contribution in [0.3, 0.4) is 0 Å². The normalized spacial score (nSPS) is 10.1. The number of halogens is 2. The first-order chi connectivity index (χ1) is 8.56. The van der Waals surface area contributed by atoms with E-state index < -0.39 is 17.6 Å². The first-order valence-corrected chi connectivity index (χ1v) is 4.74. The van der Waals surface area contributed by atoms with Crippen LogP contribution < -0.4 is 4.74 Å². The van der Waals surface area contributed by atoms with Gasteiger partial charge in [0.15, 0.2) is 11.6 Å². The fraction of sp³-hybridized carbons (Fsp3) is 0. The largest absolute Gasteiger partial charge is 0.478 e. The van der Waals surface area contributed by atoms with Crippen LogP contribution in [0.4, 0.5) is 8.78 Å². The fourth-order valence-electron chi connectivity index (χ4n) is 1.13. The number of hydrogen-bond donors (Lipinski definition) is 1. The van der Waals surface area contributed by atoms with Crippen molar-refractivity contribution in [2.75, 3.05) is 0 Å². The molecule has 5 nitrogen and oxygen atoms in total. The van der Waals surface area contributed by atoms with E-state index in [0.29, 0.717) is 0 Å². The standard InChI is InChI=1S/C11H6F2N2O3/c12-8-2-1-7(3-9(8)13)18-11-14-4-6(5-15-11)10(16)17/h1-5H,(H,16,17). The second kappa shape index (κ2) is 4.74. The lowest BCUT2D eigenvalue weighted by Gasteiger charge is -2.03. The molecule has 0 aliphatic heterocycles. The van der Waals surface area contributed by atoms with E-state index in [4.69, 9.17) is 9.84 Å². The number of rotatable bonds is 3. The number of nitrogens with zero attached hydrogens (tertiary/aromatic N) is 2. The first-order valence-electron chi connectivity index (χ1n) is 4.74. The number of carboxylic acids is 1. The lowest BCUT2D eigenvalue weighted by atomic mass is 10.3.